The molecule has 24 heavy (non-hydrogen) atoms. The quantitative estimate of drug-likeness (QED) is 0.362. The Morgan fingerprint density at radius 1 is 1.25 bits per heavy atom. The van der Waals surface area contributed by atoms with Crippen LogP contribution in [0.3, 0.4) is 0 Å². The highest BCUT2D eigenvalue weighted by atomic mass is 16.6. The SMILES string of the molecule is O=C(O)CC1(NC(=O)CCCNc2ccc([N+](=O)[O-])cc2)CCC1. The minimum Gasteiger partial charge on any atom is -0.481 e. The lowest BCUT2D eigenvalue weighted by Crippen LogP contribution is -2.54. The third kappa shape index (κ3) is 4.94. The first-order valence-corrected chi connectivity index (χ1v) is 7.91. The first-order valence-electron chi connectivity index (χ1n) is 7.91. The molecule has 0 spiro atoms. The van der Waals surface area contributed by atoms with Gasteiger partial charge in [-0.25, -0.2) is 0 Å². The van der Waals surface area contributed by atoms with Crippen molar-refractivity contribution >= 4 is 23.3 Å². The predicted octanol–water partition coefficient (Wildman–Crippen LogP) is 2.30. The van der Waals surface area contributed by atoms with Crippen molar-refractivity contribution in [3.63, 3.8) is 0 Å². The second-order valence-corrected chi connectivity index (χ2v) is 6.09. The molecule has 1 aromatic rings. The molecule has 1 amide bonds. The Morgan fingerprint density at radius 2 is 1.92 bits per heavy atom. The van der Waals surface area contributed by atoms with Crippen LogP contribution in [0, 0.1) is 10.1 Å². The molecule has 1 saturated carbocycles. The van der Waals surface area contributed by atoms with E-state index in [1.165, 1.54) is 12.1 Å². The Morgan fingerprint density at radius 3 is 2.42 bits per heavy atom. The van der Waals surface area contributed by atoms with Gasteiger partial charge in [0.2, 0.25) is 5.91 Å². The molecule has 0 aliphatic heterocycles. The van der Waals surface area contributed by atoms with Crippen molar-refractivity contribution in [2.24, 2.45) is 0 Å². The van der Waals surface area contributed by atoms with Crippen LogP contribution in [-0.2, 0) is 9.59 Å². The third-order valence-corrected chi connectivity index (χ3v) is 4.19. The molecule has 3 N–H and O–H groups in total. The Balaban J connectivity index is 1.69. The van der Waals surface area contributed by atoms with Crippen LogP contribution < -0.4 is 10.6 Å². The van der Waals surface area contributed by atoms with Gasteiger partial charge < -0.3 is 15.7 Å². The number of nitro groups is 1. The molecule has 1 aromatic carbocycles. The van der Waals surface area contributed by atoms with Crippen LogP contribution in [0.15, 0.2) is 24.3 Å². The Hall–Kier alpha value is -2.64. The van der Waals surface area contributed by atoms with Gasteiger partial charge in [0.05, 0.1) is 16.9 Å². The summed E-state index contributed by atoms with van der Waals surface area (Å²) in [6.07, 6.45) is 3.24. The van der Waals surface area contributed by atoms with Crippen LogP contribution in [0.5, 0.6) is 0 Å². The van der Waals surface area contributed by atoms with E-state index in [0.717, 1.165) is 12.1 Å². The van der Waals surface area contributed by atoms with Gasteiger partial charge in [-0.1, -0.05) is 0 Å². The lowest BCUT2D eigenvalue weighted by Gasteiger charge is -2.41. The first kappa shape index (κ1) is 17.7. The van der Waals surface area contributed by atoms with Crippen molar-refractivity contribution in [1.82, 2.24) is 5.32 Å². The summed E-state index contributed by atoms with van der Waals surface area (Å²) in [7, 11) is 0. The highest BCUT2D eigenvalue weighted by Gasteiger charge is 2.40. The van der Waals surface area contributed by atoms with Crippen molar-refractivity contribution in [2.45, 2.75) is 44.1 Å². The number of rotatable bonds is 9. The summed E-state index contributed by atoms with van der Waals surface area (Å²) >= 11 is 0. The number of aliphatic carboxylic acids is 1. The summed E-state index contributed by atoms with van der Waals surface area (Å²) < 4.78 is 0. The van der Waals surface area contributed by atoms with Crippen LogP contribution >= 0.6 is 0 Å². The maximum atomic E-state index is 12.0. The Labute approximate surface area is 139 Å². The van der Waals surface area contributed by atoms with E-state index < -0.39 is 16.4 Å². The monoisotopic (exact) mass is 335 g/mol. The van der Waals surface area contributed by atoms with Crippen molar-refractivity contribution in [2.75, 3.05) is 11.9 Å². The summed E-state index contributed by atoms with van der Waals surface area (Å²) in [5, 5.41) is 25.4. The van der Waals surface area contributed by atoms with Gasteiger partial charge in [0, 0.05) is 30.8 Å². The number of carbonyl (C=O) groups is 2. The van der Waals surface area contributed by atoms with Crippen LogP contribution in [0.4, 0.5) is 11.4 Å². The molecule has 1 aliphatic rings. The molecule has 1 fully saturated rings. The Bertz CT molecular complexity index is 611. The number of carboxylic acid groups (broad SMARTS) is 1. The molecule has 0 unspecified atom stereocenters. The van der Waals surface area contributed by atoms with Gasteiger partial charge >= 0.3 is 5.97 Å². The number of non-ortho nitro benzene ring substituents is 1. The van der Waals surface area contributed by atoms with Crippen molar-refractivity contribution < 1.29 is 19.6 Å². The number of nitrogens with one attached hydrogen (secondary N) is 2. The average Bonchev–Trinajstić information content (AvgIpc) is 2.49. The molecule has 2 rings (SSSR count). The molecule has 0 aromatic heterocycles. The van der Waals surface area contributed by atoms with Gasteiger partial charge in [0.25, 0.3) is 5.69 Å². The molecule has 130 valence electrons. The zero-order valence-corrected chi connectivity index (χ0v) is 13.3. The molecular formula is C16H21N3O5. The number of amides is 1. The number of hydrogen-bond donors (Lipinski definition) is 3. The largest absolute Gasteiger partial charge is 0.481 e. The highest BCUT2D eigenvalue weighted by molar-refractivity contribution is 5.78. The number of hydrogen-bond acceptors (Lipinski definition) is 5. The maximum absolute atomic E-state index is 12.0. The zero-order chi connectivity index (χ0) is 17.6. The van der Waals surface area contributed by atoms with E-state index in [0.29, 0.717) is 32.2 Å². The number of anilines is 1. The highest BCUT2D eigenvalue weighted by Crippen LogP contribution is 2.35. The number of carbonyl (C=O) groups excluding carboxylic acids is 1. The molecule has 1 aliphatic carbocycles. The minimum atomic E-state index is -0.894. The average molecular weight is 335 g/mol. The van der Waals surface area contributed by atoms with E-state index in [4.69, 9.17) is 5.11 Å². The normalized spacial score (nSPS) is 15.2. The summed E-state index contributed by atoms with van der Waals surface area (Å²) in [5.41, 5.74) is 0.223. The topological polar surface area (TPSA) is 122 Å². The van der Waals surface area contributed by atoms with E-state index in [1.807, 2.05) is 0 Å². The van der Waals surface area contributed by atoms with Crippen LogP contribution in [0.1, 0.15) is 38.5 Å². The fourth-order valence-electron chi connectivity index (χ4n) is 2.78. The van der Waals surface area contributed by atoms with Crippen LogP contribution in [-0.4, -0.2) is 34.0 Å². The van der Waals surface area contributed by atoms with E-state index >= 15 is 0 Å². The number of benzene rings is 1. The van der Waals surface area contributed by atoms with E-state index in [1.54, 1.807) is 12.1 Å². The van der Waals surface area contributed by atoms with Crippen LogP contribution in [0.2, 0.25) is 0 Å². The van der Waals surface area contributed by atoms with Gasteiger partial charge in [0.15, 0.2) is 0 Å². The molecule has 0 saturated heterocycles. The number of nitrogens with zero attached hydrogens (tertiary/aromatic N) is 1. The summed E-state index contributed by atoms with van der Waals surface area (Å²) in [6, 6.07) is 6.07. The van der Waals surface area contributed by atoms with E-state index in [9.17, 15) is 19.7 Å². The van der Waals surface area contributed by atoms with Crippen molar-refractivity contribution in [3.8, 4) is 0 Å². The van der Waals surface area contributed by atoms with Gasteiger partial charge in [-0.2, -0.15) is 0 Å². The fourth-order valence-corrected chi connectivity index (χ4v) is 2.78. The molecule has 0 atom stereocenters. The molecule has 0 bridgehead atoms. The van der Waals surface area contributed by atoms with Crippen LogP contribution in [0.25, 0.3) is 0 Å². The Kier molecular flexibility index (Phi) is 5.73. The van der Waals surface area contributed by atoms with E-state index in [-0.39, 0.29) is 18.0 Å². The predicted molar refractivity (Wildman–Crippen MR) is 87.8 cm³/mol. The van der Waals surface area contributed by atoms with E-state index in [2.05, 4.69) is 10.6 Å². The molecular weight excluding hydrogens is 314 g/mol. The van der Waals surface area contributed by atoms with Gasteiger partial charge in [-0.05, 0) is 37.8 Å². The van der Waals surface area contributed by atoms with Gasteiger partial charge in [-0.15, -0.1) is 0 Å². The number of nitro benzene ring substituents is 1. The molecule has 8 nitrogen and oxygen atoms in total. The third-order valence-electron chi connectivity index (χ3n) is 4.19. The smallest absolute Gasteiger partial charge is 0.305 e. The van der Waals surface area contributed by atoms with Gasteiger partial charge in [0.1, 0.15) is 0 Å². The standard InChI is InChI=1S/C16H21N3O5/c20-14(18-16(8-2-9-16)11-15(21)22)3-1-10-17-12-4-6-13(7-5-12)19(23)24/h4-7,17H,1-3,8-11H2,(H,18,20)(H,21,22). The summed E-state index contributed by atoms with van der Waals surface area (Å²) in [4.78, 5) is 32.9. The summed E-state index contributed by atoms with van der Waals surface area (Å²) in [6.45, 7) is 0.553. The summed E-state index contributed by atoms with van der Waals surface area (Å²) in [5.74, 6) is -1.03. The second kappa shape index (κ2) is 7.76. The fraction of sp³-hybridized carbons (Fsp3) is 0.500. The maximum Gasteiger partial charge on any atom is 0.305 e. The zero-order valence-electron chi connectivity index (χ0n) is 13.3. The van der Waals surface area contributed by atoms with Crippen molar-refractivity contribution in [1.29, 1.82) is 0 Å². The lowest BCUT2D eigenvalue weighted by atomic mass is 9.74. The second-order valence-electron chi connectivity index (χ2n) is 6.09. The minimum absolute atomic E-state index is 0.0280. The first-order chi connectivity index (χ1) is 11.4. The molecule has 0 radical (unpaired) electrons. The van der Waals surface area contributed by atoms with Gasteiger partial charge in [-0.3, -0.25) is 19.7 Å². The molecule has 0 heterocycles. The molecule has 8 heteroatoms. The number of carboxylic acids is 1. The lowest BCUT2D eigenvalue weighted by molar-refractivity contribution is -0.384. The van der Waals surface area contributed by atoms with Crippen molar-refractivity contribution in [3.05, 3.63) is 34.4 Å².